The summed E-state index contributed by atoms with van der Waals surface area (Å²) in [6, 6.07) is 0. The molecular formula is C7H14O. The fourth-order valence-electron chi connectivity index (χ4n) is 0.523. The fraction of sp³-hybridized carbons (Fsp3) is 0.714. The summed E-state index contributed by atoms with van der Waals surface area (Å²) in [4.78, 5) is 0. The van der Waals surface area contributed by atoms with Gasteiger partial charge in [-0.3, -0.25) is 0 Å². The molecule has 0 spiro atoms. The standard InChI is InChI=1S/C7H14O/c1-6(2)8-7(3,4)5/h1H2,2-5H3. The smallest absolute Gasteiger partial charge is 0.108 e. The summed E-state index contributed by atoms with van der Waals surface area (Å²) in [5, 5.41) is 0. The van der Waals surface area contributed by atoms with Crippen molar-refractivity contribution in [2.45, 2.75) is 33.3 Å². The summed E-state index contributed by atoms with van der Waals surface area (Å²) in [5.74, 6) is 0. The van der Waals surface area contributed by atoms with Gasteiger partial charge >= 0.3 is 0 Å². The lowest BCUT2D eigenvalue weighted by molar-refractivity contribution is 0.0220. The van der Waals surface area contributed by atoms with Gasteiger partial charge in [-0.25, -0.2) is 4.74 Å². The molecule has 0 saturated carbocycles. The van der Waals surface area contributed by atoms with Crippen LogP contribution in [0.25, 0.3) is 0 Å². The van der Waals surface area contributed by atoms with E-state index in [4.69, 9.17) is 4.74 Å². The van der Waals surface area contributed by atoms with Gasteiger partial charge in [0.15, 0.2) is 0 Å². The van der Waals surface area contributed by atoms with Crippen molar-refractivity contribution in [3.8, 4) is 0 Å². The third-order valence-corrected chi connectivity index (χ3v) is 0.480. The van der Waals surface area contributed by atoms with E-state index in [0.717, 1.165) is 6.10 Å². The van der Waals surface area contributed by atoms with E-state index in [1.165, 1.54) is 0 Å². The molecule has 0 aromatic heterocycles. The average molecular weight is 114 g/mol. The predicted molar refractivity (Wildman–Crippen MR) is 35.1 cm³/mol. The minimum absolute atomic E-state index is 0.0775. The zero-order valence-corrected chi connectivity index (χ0v) is 6.12. The first-order chi connectivity index (χ1) is 3.42. The Morgan fingerprint density at radius 2 is 1.75 bits per heavy atom. The minimum atomic E-state index is -0.0775. The van der Waals surface area contributed by atoms with Crippen molar-refractivity contribution in [2.24, 2.45) is 0 Å². The van der Waals surface area contributed by atoms with Gasteiger partial charge in [0, 0.05) is 0 Å². The summed E-state index contributed by atoms with van der Waals surface area (Å²) >= 11 is 0. The molecule has 0 N–H and O–H groups in total. The molecule has 8 heavy (non-hydrogen) atoms. The molecular weight excluding hydrogens is 100 g/mol. The Labute approximate surface area is 52.0 Å². The first-order valence-corrected chi connectivity index (χ1v) is 2.76. The van der Waals surface area contributed by atoms with Gasteiger partial charge < -0.3 is 0 Å². The Bertz CT molecular complexity index is 59.3. The second kappa shape index (κ2) is 2.40. The van der Waals surface area contributed by atoms with Gasteiger partial charge in [0.1, 0.15) is 5.60 Å². The van der Waals surface area contributed by atoms with E-state index in [9.17, 15) is 0 Å². The molecule has 0 heterocycles. The maximum absolute atomic E-state index is 5.24. The molecule has 0 bridgehead atoms. The van der Waals surface area contributed by atoms with Crippen LogP contribution in [0, 0.1) is 13.0 Å². The number of ether oxygens (including phenoxy) is 1. The molecule has 0 aromatic rings. The quantitative estimate of drug-likeness (QED) is 0.475. The van der Waals surface area contributed by atoms with Crippen molar-refractivity contribution in [3.05, 3.63) is 13.0 Å². The second-order valence-corrected chi connectivity index (χ2v) is 2.92. The summed E-state index contributed by atoms with van der Waals surface area (Å²) in [6.07, 6.45) is 0.775. The zero-order chi connectivity index (χ0) is 6.78. The summed E-state index contributed by atoms with van der Waals surface area (Å²) < 4.78 is 5.24. The van der Waals surface area contributed by atoms with E-state index >= 15 is 0 Å². The van der Waals surface area contributed by atoms with Crippen LogP contribution < -0.4 is 0 Å². The van der Waals surface area contributed by atoms with E-state index in [1.54, 1.807) is 0 Å². The van der Waals surface area contributed by atoms with Gasteiger partial charge in [-0.15, -0.1) is 6.92 Å². The van der Waals surface area contributed by atoms with Crippen LogP contribution in [-0.2, 0) is 4.74 Å². The monoisotopic (exact) mass is 114 g/mol. The van der Waals surface area contributed by atoms with E-state index in [0.29, 0.717) is 0 Å². The second-order valence-electron chi connectivity index (χ2n) is 2.92. The maximum Gasteiger partial charge on any atom is 0.108 e. The van der Waals surface area contributed by atoms with Crippen LogP contribution >= 0.6 is 0 Å². The highest BCUT2D eigenvalue weighted by atomic mass is 16.5. The molecule has 48 valence electrons. The largest absolute Gasteiger partial charge is 0.224 e. The summed E-state index contributed by atoms with van der Waals surface area (Å²) in [6.45, 7) is 11.5. The molecule has 1 nitrogen and oxygen atoms in total. The van der Waals surface area contributed by atoms with Crippen molar-refractivity contribution in [3.63, 3.8) is 0 Å². The number of rotatable bonds is 1. The van der Waals surface area contributed by atoms with Crippen molar-refractivity contribution in [1.29, 1.82) is 0 Å². The Morgan fingerprint density at radius 3 is 1.75 bits per heavy atom. The molecule has 0 amide bonds. The molecule has 0 aliphatic carbocycles. The normalized spacial score (nSPS) is 11.6. The van der Waals surface area contributed by atoms with Crippen LogP contribution in [0.1, 0.15) is 27.7 Å². The summed E-state index contributed by atoms with van der Waals surface area (Å²) in [7, 11) is 0. The van der Waals surface area contributed by atoms with Crippen LogP contribution in [0.5, 0.6) is 0 Å². The topological polar surface area (TPSA) is 9.23 Å². The number of hydrogen-bond donors (Lipinski definition) is 0. The Kier molecular flexibility index (Phi) is 2.35. The fourth-order valence-corrected chi connectivity index (χ4v) is 0.523. The Morgan fingerprint density at radius 1 is 1.38 bits per heavy atom. The van der Waals surface area contributed by atoms with Gasteiger partial charge in [-0.05, 0) is 20.8 Å². The molecule has 0 aromatic carbocycles. The molecule has 0 fully saturated rings. The van der Waals surface area contributed by atoms with Crippen molar-refractivity contribution in [1.82, 2.24) is 0 Å². The molecule has 0 rings (SSSR count). The van der Waals surface area contributed by atoms with Gasteiger partial charge in [0.2, 0.25) is 0 Å². The molecule has 0 aliphatic heterocycles. The molecule has 0 saturated heterocycles. The Balaban J connectivity index is 3.39. The minimum Gasteiger partial charge on any atom is -0.224 e. The lowest BCUT2D eigenvalue weighted by atomic mass is 10.2. The molecule has 0 atom stereocenters. The highest BCUT2D eigenvalue weighted by Crippen LogP contribution is 2.13. The van der Waals surface area contributed by atoms with Crippen molar-refractivity contribution in [2.75, 3.05) is 0 Å². The van der Waals surface area contributed by atoms with E-state index < -0.39 is 0 Å². The van der Waals surface area contributed by atoms with Gasteiger partial charge in [0.05, 0.1) is 13.0 Å². The average Bonchev–Trinajstić information content (AvgIpc) is 1.21. The van der Waals surface area contributed by atoms with Gasteiger partial charge in [0.25, 0.3) is 0 Å². The zero-order valence-electron chi connectivity index (χ0n) is 6.12. The van der Waals surface area contributed by atoms with E-state index in [1.807, 2.05) is 27.7 Å². The van der Waals surface area contributed by atoms with Crippen LogP contribution in [0.3, 0.4) is 0 Å². The predicted octanol–water partition coefficient (Wildman–Crippen LogP) is 2.19. The molecule has 0 aliphatic rings. The Hall–Kier alpha value is -0.170. The van der Waals surface area contributed by atoms with Gasteiger partial charge in [-0.1, -0.05) is 0 Å². The SMILES string of the molecule is [CH2-][C+](C)OC(C)(C)C. The third-order valence-electron chi connectivity index (χ3n) is 0.480. The summed E-state index contributed by atoms with van der Waals surface area (Å²) in [5.41, 5.74) is -0.0775. The first-order valence-electron chi connectivity index (χ1n) is 2.76. The maximum atomic E-state index is 5.24. The van der Waals surface area contributed by atoms with E-state index in [2.05, 4.69) is 6.92 Å². The van der Waals surface area contributed by atoms with Crippen LogP contribution in [0.4, 0.5) is 0 Å². The van der Waals surface area contributed by atoms with E-state index in [-0.39, 0.29) is 5.60 Å². The third kappa shape index (κ3) is 5.83. The van der Waals surface area contributed by atoms with Crippen LogP contribution in [0.2, 0.25) is 0 Å². The van der Waals surface area contributed by atoms with Crippen molar-refractivity contribution >= 4 is 0 Å². The first kappa shape index (κ1) is 7.83. The number of hydrogen-bond acceptors (Lipinski definition) is 1. The highest BCUT2D eigenvalue weighted by molar-refractivity contribution is 4.78. The molecule has 0 unspecified atom stereocenters. The molecule has 1 heteroatoms. The highest BCUT2D eigenvalue weighted by Gasteiger charge is 2.15. The lowest BCUT2D eigenvalue weighted by Gasteiger charge is -2.16. The molecule has 0 radical (unpaired) electrons. The van der Waals surface area contributed by atoms with Crippen LogP contribution in [0.15, 0.2) is 0 Å². The lowest BCUT2D eigenvalue weighted by Crippen LogP contribution is -2.19. The van der Waals surface area contributed by atoms with Crippen molar-refractivity contribution < 1.29 is 4.74 Å². The van der Waals surface area contributed by atoms with Gasteiger partial charge in [-0.2, -0.15) is 0 Å². The van der Waals surface area contributed by atoms with Crippen LogP contribution in [-0.4, -0.2) is 5.60 Å².